The SMILES string of the molecule is Cc1ccc(NC(=O)c2ccc(S(=O)(=O)N3C[C@H](C)O[C@@H](C)C3)cc2)cc1. The summed E-state index contributed by atoms with van der Waals surface area (Å²) in [7, 11) is -3.61. The second kappa shape index (κ2) is 7.80. The Morgan fingerprint density at radius 1 is 1.00 bits per heavy atom. The third kappa shape index (κ3) is 4.55. The van der Waals surface area contributed by atoms with Gasteiger partial charge in [-0.15, -0.1) is 0 Å². The Morgan fingerprint density at radius 2 is 1.56 bits per heavy atom. The van der Waals surface area contributed by atoms with Gasteiger partial charge in [-0.3, -0.25) is 4.79 Å². The zero-order valence-electron chi connectivity index (χ0n) is 15.7. The highest BCUT2D eigenvalue weighted by Crippen LogP contribution is 2.22. The molecule has 2 atom stereocenters. The molecular weight excluding hydrogens is 364 g/mol. The molecule has 144 valence electrons. The minimum absolute atomic E-state index is 0.150. The summed E-state index contributed by atoms with van der Waals surface area (Å²) in [5, 5.41) is 2.80. The van der Waals surface area contributed by atoms with Crippen LogP contribution in [-0.2, 0) is 14.8 Å². The van der Waals surface area contributed by atoms with Gasteiger partial charge in [0.2, 0.25) is 10.0 Å². The van der Waals surface area contributed by atoms with Gasteiger partial charge in [0.25, 0.3) is 5.91 Å². The maximum absolute atomic E-state index is 12.9. The van der Waals surface area contributed by atoms with E-state index in [1.54, 1.807) is 0 Å². The first-order valence-electron chi connectivity index (χ1n) is 8.89. The lowest BCUT2D eigenvalue weighted by Gasteiger charge is -2.34. The molecule has 0 aromatic heterocycles. The van der Waals surface area contributed by atoms with Crippen LogP contribution in [0.2, 0.25) is 0 Å². The summed E-state index contributed by atoms with van der Waals surface area (Å²) in [5.41, 5.74) is 2.20. The van der Waals surface area contributed by atoms with E-state index >= 15 is 0 Å². The molecule has 0 saturated carbocycles. The van der Waals surface area contributed by atoms with Crippen molar-refractivity contribution >= 4 is 21.6 Å². The Morgan fingerprint density at radius 3 is 2.11 bits per heavy atom. The molecule has 1 fully saturated rings. The third-order valence-electron chi connectivity index (χ3n) is 4.45. The number of sulfonamides is 1. The highest BCUT2D eigenvalue weighted by Gasteiger charge is 2.32. The molecule has 1 heterocycles. The van der Waals surface area contributed by atoms with Gasteiger partial charge < -0.3 is 10.1 Å². The quantitative estimate of drug-likeness (QED) is 0.873. The molecule has 7 heteroatoms. The lowest BCUT2D eigenvalue weighted by Crippen LogP contribution is -2.48. The van der Waals surface area contributed by atoms with E-state index < -0.39 is 10.0 Å². The monoisotopic (exact) mass is 388 g/mol. The summed E-state index contributed by atoms with van der Waals surface area (Å²) in [5.74, 6) is -0.281. The molecule has 0 spiro atoms. The van der Waals surface area contributed by atoms with Crippen LogP contribution in [0.4, 0.5) is 5.69 Å². The van der Waals surface area contributed by atoms with Crippen LogP contribution in [0, 0.1) is 6.92 Å². The van der Waals surface area contributed by atoms with Crippen LogP contribution in [0.5, 0.6) is 0 Å². The number of nitrogens with one attached hydrogen (secondary N) is 1. The first kappa shape index (κ1) is 19.5. The lowest BCUT2D eigenvalue weighted by atomic mass is 10.2. The van der Waals surface area contributed by atoms with Crippen molar-refractivity contribution in [2.45, 2.75) is 37.9 Å². The predicted octanol–water partition coefficient (Wildman–Crippen LogP) is 3.05. The molecule has 1 aliphatic rings. The van der Waals surface area contributed by atoms with Gasteiger partial charge in [-0.1, -0.05) is 17.7 Å². The number of carbonyl (C=O) groups excluding carboxylic acids is 1. The maximum atomic E-state index is 12.9. The highest BCUT2D eigenvalue weighted by molar-refractivity contribution is 7.89. The minimum Gasteiger partial charge on any atom is -0.373 e. The van der Waals surface area contributed by atoms with Gasteiger partial charge in [0.05, 0.1) is 17.1 Å². The molecule has 6 nitrogen and oxygen atoms in total. The van der Waals surface area contributed by atoms with Crippen LogP contribution < -0.4 is 5.32 Å². The van der Waals surface area contributed by atoms with Gasteiger partial charge in [0, 0.05) is 24.3 Å². The fraction of sp³-hybridized carbons (Fsp3) is 0.350. The van der Waals surface area contributed by atoms with Crippen molar-refractivity contribution in [3.63, 3.8) is 0 Å². The zero-order valence-corrected chi connectivity index (χ0v) is 16.5. The van der Waals surface area contributed by atoms with Crippen molar-refractivity contribution in [3.05, 3.63) is 59.7 Å². The van der Waals surface area contributed by atoms with E-state index in [0.29, 0.717) is 24.3 Å². The number of aryl methyl sites for hydroxylation is 1. The molecule has 1 amide bonds. The van der Waals surface area contributed by atoms with Crippen molar-refractivity contribution in [2.75, 3.05) is 18.4 Å². The number of benzene rings is 2. The molecule has 0 aliphatic carbocycles. The van der Waals surface area contributed by atoms with Gasteiger partial charge in [-0.25, -0.2) is 8.42 Å². The van der Waals surface area contributed by atoms with E-state index in [4.69, 9.17) is 4.74 Å². The molecule has 3 rings (SSSR count). The Hall–Kier alpha value is -2.22. The van der Waals surface area contributed by atoms with Crippen molar-refractivity contribution in [3.8, 4) is 0 Å². The lowest BCUT2D eigenvalue weighted by molar-refractivity contribution is -0.0440. The minimum atomic E-state index is -3.61. The molecule has 1 N–H and O–H groups in total. The molecular formula is C20H24N2O4S. The van der Waals surface area contributed by atoms with Crippen LogP contribution in [0.25, 0.3) is 0 Å². The van der Waals surface area contributed by atoms with Gasteiger partial charge in [0.15, 0.2) is 0 Å². The first-order chi connectivity index (χ1) is 12.8. The average molecular weight is 388 g/mol. The van der Waals surface area contributed by atoms with E-state index in [1.165, 1.54) is 28.6 Å². The highest BCUT2D eigenvalue weighted by atomic mass is 32.2. The molecule has 1 aliphatic heterocycles. The van der Waals surface area contributed by atoms with E-state index in [2.05, 4.69) is 5.32 Å². The summed E-state index contributed by atoms with van der Waals surface area (Å²) < 4.78 is 32.7. The van der Waals surface area contributed by atoms with Crippen LogP contribution in [0.3, 0.4) is 0 Å². The summed E-state index contributed by atoms with van der Waals surface area (Å²) in [6.45, 7) is 6.33. The van der Waals surface area contributed by atoms with E-state index in [9.17, 15) is 13.2 Å². The van der Waals surface area contributed by atoms with Gasteiger partial charge in [0.1, 0.15) is 0 Å². The van der Waals surface area contributed by atoms with Gasteiger partial charge >= 0.3 is 0 Å². The van der Waals surface area contributed by atoms with Crippen molar-refractivity contribution in [1.82, 2.24) is 4.31 Å². The fourth-order valence-electron chi connectivity index (χ4n) is 3.09. The number of ether oxygens (including phenoxy) is 1. The first-order valence-corrected chi connectivity index (χ1v) is 10.3. The van der Waals surface area contributed by atoms with E-state index in [0.717, 1.165) is 5.56 Å². The molecule has 2 aromatic carbocycles. The number of rotatable bonds is 4. The van der Waals surface area contributed by atoms with Gasteiger partial charge in [-0.2, -0.15) is 4.31 Å². The van der Waals surface area contributed by atoms with Crippen molar-refractivity contribution < 1.29 is 17.9 Å². The van der Waals surface area contributed by atoms with E-state index in [1.807, 2.05) is 45.0 Å². The third-order valence-corrected chi connectivity index (χ3v) is 6.30. The second-order valence-corrected chi connectivity index (χ2v) is 8.86. The summed E-state index contributed by atoms with van der Waals surface area (Å²) >= 11 is 0. The van der Waals surface area contributed by atoms with Gasteiger partial charge in [-0.05, 0) is 57.2 Å². The van der Waals surface area contributed by atoms with Crippen molar-refractivity contribution in [2.24, 2.45) is 0 Å². The predicted molar refractivity (Wildman–Crippen MR) is 104 cm³/mol. The standard InChI is InChI=1S/C20H24N2O4S/c1-14-4-8-18(9-5-14)21-20(23)17-6-10-19(11-7-17)27(24,25)22-12-15(2)26-16(3)13-22/h4-11,15-16H,12-13H2,1-3H3,(H,21,23)/t15-,16-/m0/s1. The number of amides is 1. The van der Waals surface area contributed by atoms with Crippen LogP contribution in [0.1, 0.15) is 29.8 Å². The number of carbonyl (C=O) groups is 1. The normalized spacial score (nSPS) is 21.0. The molecule has 0 bridgehead atoms. The fourth-order valence-corrected chi connectivity index (χ4v) is 4.68. The number of morpholine rings is 1. The Bertz CT molecular complexity index is 898. The smallest absolute Gasteiger partial charge is 0.255 e. The topological polar surface area (TPSA) is 75.7 Å². The number of hydrogen-bond acceptors (Lipinski definition) is 4. The largest absolute Gasteiger partial charge is 0.373 e. The van der Waals surface area contributed by atoms with Crippen LogP contribution >= 0.6 is 0 Å². The number of hydrogen-bond donors (Lipinski definition) is 1. The molecule has 1 saturated heterocycles. The second-order valence-electron chi connectivity index (χ2n) is 6.92. The van der Waals surface area contributed by atoms with Crippen molar-refractivity contribution in [1.29, 1.82) is 0 Å². The van der Waals surface area contributed by atoms with Crippen LogP contribution in [0.15, 0.2) is 53.4 Å². The van der Waals surface area contributed by atoms with E-state index in [-0.39, 0.29) is 23.0 Å². The zero-order chi connectivity index (χ0) is 19.6. The molecule has 2 aromatic rings. The Labute approximate surface area is 160 Å². The summed E-state index contributed by atoms with van der Waals surface area (Å²) in [6.07, 6.45) is -0.300. The average Bonchev–Trinajstić information content (AvgIpc) is 2.63. The van der Waals surface area contributed by atoms with Crippen LogP contribution in [-0.4, -0.2) is 43.9 Å². The Balaban J connectivity index is 1.74. The molecule has 0 radical (unpaired) electrons. The summed E-state index contributed by atoms with van der Waals surface area (Å²) in [4.78, 5) is 12.5. The number of anilines is 1. The summed E-state index contributed by atoms with van der Waals surface area (Å²) in [6, 6.07) is 13.5. The molecule has 27 heavy (non-hydrogen) atoms. The maximum Gasteiger partial charge on any atom is 0.255 e. The number of nitrogens with zero attached hydrogens (tertiary/aromatic N) is 1. The molecule has 0 unspecified atom stereocenters. The Kier molecular flexibility index (Phi) is 5.64.